The molecule has 1 aliphatic carbocycles. The van der Waals surface area contributed by atoms with Crippen LogP contribution in [-0.4, -0.2) is 56.9 Å². The van der Waals surface area contributed by atoms with Gasteiger partial charge in [-0.1, -0.05) is 13.0 Å². The first kappa shape index (κ1) is 24.9. The first-order valence-electron chi connectivity index (χ1n) is 10.7. The fourth-order valence-electron chi connectivity index (χ4n) is 3.35. The van der Waals surface area contributed by atoms with Crippen LogP contribution in [0.3, 0.4) is 0 Å². The lowest BCUT2D eigenvalue weighted by Crippen LogP contribution is -2.40. The molecule has 174 valence electrons. The average Bonchev–Trinajstić information content (AvgIpc) is 3.47. The lowest BCUT2D eigenvalue weighted by molar-refractivity contribution is -0.181. The molecule has 0 aromatic heterocycles. The van der Waals surface area contributed by atoms with Crippen LogP contribution in [0.2, 0.25) is 0 Å². The molecular formula is C23H34O8. The van der Waals surface area contributed by atoms with E-state index in [4.69, 9.17) is 23.7 Å². The number of benzene rings is 1. The van der Waals surface area contributed by atoms with Crippen LogP contribution in [0.1, 0.15) is 52.0 Å². The summed E-state index contributed by atoms with van der Waals surface area (Å²) < 4.78 is 27.9. The molecule has 2 atom stereocenters. The lowest BCUT2D eigenvalue weighted by atomic mass is 9.84. The summed E-state index contributed by atoms with van der Waals surface area (Å²) in [5, 5.41) is 9.91. The largest absolute Gasteiger partial charge is 0.493 e. The maximum atomic E-state index is 12.6. The summed E-state index contributed by atoms with van der Waals surface area (Å²) in [6.07, 6.45) is 1.24. The van der Waals surface area contributed by atoms with Crippen LogP contribution in [-0.2, 0) is 23.8 Å². The van der Waals surface area contributed by atoms with Crippen LogP contribution in [0, 0.1) is 11.3 Å². The maximum Gasteiger partial charge on any atom is 0.321 e. The molecule has 1 aromatic carbocycles. The van der Waals surface area contributed by atoms with Crippen molar-refractivity contribution in [3.05, 3.63) is 23.8 Å². The second-order valence-electron chi connectivity index (χ2n) is 7.88. The molecule has 31 heavy (non-hydrogen) atoms. The minimum absolute atomic E-state index is 0.0683. The highest BCUT2D eigenvalue weighted by Gasteiger charge is 2.43. The third-order valence-electron chi connectivity index (χ3n) is 5.37. The van der Waals surface area contributed by atoms with Gasteiger partial charge in [0.15, 0.2) is 23.7 Å². The van der Waals surface area contributed by atoms with Gasteiger partial charge < -0.3 is 28.8 Å². The normalized spacial score (nSPS) is 16.5. The van der Waals surface area contributed by atoms with Crippen LogP contribution in [0.5, 0.6) is 11.5 Å². The Morgan fingerprint density at radius 3 is 2.19 bits per heavy atom. The number of ether oxygens (including phenoxy) is 5. The van der Waals surface area contributed by atoms with Gasteiger partial charge in [-0.05, 0) is 51.3 Å². The Kier molecular flexibility index (Phi) is 9.13. The fourth-order valence-corrected chi connectivity index (χ4v) is 3.35. The fraction of sp³-hybridized carbons (Fsp3) is 0.652. The zero-order valence-electron chi connectivity index (χ0n) is 19.0. The van der Waals surface area contributed by atoms with E-state index in [0.717, 1.165) is 12.8 Å². The van der Waals surface area contributed by atoms with E-state index >= 15 is 0 Å². The summed E-state index contributed by atoms with van der Waals surface area (Å²) in [6.45, 7) is 8.50. The van der Waals surface area contributed by atoms with Gasteiger partial charge in [0.1, 0.15) is 0 Å². The Morgan fingerprint density at radius 1 is 1.06 bits per heavy atom. The molecule has 1 N–H and O–H groups in total. The Balaban J connectivity index is 2.49. The van der Waals surface area contributed by atoms with E-state index < -0.39 is 30.1 Å². The van der Waals surface area contributed by atoms with Crippen LogP contribution >= 0.6 is 0 Å². The summed E-state index contributed by atoms with van der Waals surface area (Å²) >= 11 is 0. The standard InChI is InChI=1S/C23H34O8/c1-6-28-21(26)19(20(24)25)18(22(29-7-2)30-8-3)15-9-10-16(27-5)17(13-15)31-14-23(4)11-12-23/h9-10,13,18-19,22H,6-8,11-12,14H2,1-5H3,(H,24,25). The molecule has 0 heterocycles. The van der Waals surface area contributed by atoms with E-state index in [1.807, 2.05) is 0 Å². The Bertz CT molecular complexity index is 737. The highest BCUT2D eigenvalue weighted by atomic mass is 16.7. The van der Waals surface area contributed by atoms with Gasteiger partial charge in [0.05, 0.1) is 26.2 Å². The second kappa shape index (κ2) is 11.3. The zero-order chi connectivity index (χ0) is 23.0. The van der Waals surface area contributed by atoms with E-state index in [9.17, 15) is 14.7 Å². The Morgan fingerprint density at radius 2 is 1.71 bits per heavy atom. The van der Waals surface area contributed by atoms with Crippen molar-refractivity contribution >= 4 is 11.9 Å². The number of carboxylic acids is 1. The molecule has 1 saturated carbocycles. The number of aliphatic carboxylic acids is 1. The van der Waals surface area contributed by atoms with Crippen LogP contribution in [0.15, 0.2) is 18.2 Å². The quantitative estimate of drug-likeness (QED) is 0.267. The summed E-state index contributed by atoms with van der Waals surface area (Å²) in [7, 11) is 1.54. The van der Waals surface area contributed by atoms with Gasteiger partial charge in [-0.15, -0.1) is 0 Å². The van der Waals surface area contributed by atoms with Gasteiger partial charge in [-0.2, -0.15) is 0 Å². The molecule has 0 radical (unpaired) electrons. The number of hydrogen-bond acceptors (Lipinski definition) is 7. The molecule has 1 aliphatic rings. The molecule has 2 unspecified atom stereocenters. The van der Waals surface area contributed by atoms with Crippen molar-refractivity contribution < 1.29 is 38.4 Å². The number of carbonyl (C=O) groups excluding carboxylic acids is 1. The smallest absolute Gasteiger partial charge is 0.321 e. The van der Waals surface area contributed by atoms with Crippen LogP contribution in [0.25, 0.3) is 0 Å². The highest BCUT2D eigenvalue weighted by Crippen LogP contribution is 2.46. The van der Waals surface area contributed by atoms with Crippen molar-refractivity contribution in [3.63, 3.8) is 0 Å². The molecule has 8 nitrogen and oxygen atoms in total. The van der Waals surface area contributed by atoms with Gasteiger partial charge >= 0.3 is 11.9 Å². The molecule has 0 bridgehead atoms. The van der Waals surface area contributed by atoms with Crippen molar-refractivity contribution in [2.24, 2.45) is 11.3 Å². The average molecular weight is 439 g/mol. The van der Waals surface area contributed by atoms with Crippen LogP contribution < -0.4 is 9.47 Å². The number of carboxylic acid groups (broad SMARTS) is 1. The zero-order valence-corrected chi connectivity index (χ0v) is 19.0. The Hall–Kier alpha value is -2.32. The molecule has 2 rings (SSSR count). The SMILES string of the molecule is CCOC(=O)C(C(=O)O)C(c1ccc(OC)c(OCC2(C)CC2)c1)C(OCC)OCC. The summed E-state index contributed by atoms with van der Waals surface area (Å²) in [4.78, 5) is 24.8. The Labute approximate surface area is 183 Å². The lowest BCUT2D eigenvalue weighted by Gasteiger charge is -2.31. The summed E-state index contributed by atoms with van der Waals surface area (Å²) in [5.74, 6) is -3.59. The second-order valence-corrected chi connectivity index (χ2v) is 7.88. The molecule has 0 spiro atoms. The molecule has 1 fully saturated rings. The van der Waals surface area contributed by atoms with E-state index in [-0.39, 0.29) is 25.2 Å². The third kappa shape index (κ3) is 6.58. The minimum atomic E-state index is -1.51. The number of esters is 1. The van der Waals surface area contributed by atoms with Crippen molar-refractivity contribution in [3.8, 4) is 11.5 Å². The molecule has 0 aliphatic heterocycles. The van der Waals surface area contributed by atoms with Crippen molar-refractivity contribution in [1.82, 2.24) is 0 Å². The van der Waals surface area contributed by atoms with Crippen LogP contribution in [0.4, 0.5) is 0 Å². The number of methoxy groups -OCH3 is 1. The topological polar surface area (TPSA) is 101 Å². The monoisotopic (exact) mass is 438 g/mol. The molecule has 1 aromatic rings. The first-order valence-corrected chi connectivity index (χ1v) is 10.7. The van der Waals surface area contributed by atoms with Crippen molar-refractivity contribution in [2.45, 2.75) is 52.7 Å². The van der Waals surface area contributed by atoms with E-state index in [2.05, 4.69) is 6.92 Å². The van der Waals surface area contributed by atoms with Gasteiger partial charge in [0.2, 0.25) is 0 Å². The van der Waals surface area contributed by atoms with E-state index in [0.29, 0.717) is 23.7 Å². The molecule has 8 heteroatoms. The molecular weight excluding hydrogens is 404 g/mol. The third-order valence-corrected chi connectivity index (χ3v) is 5.37. The summed E-state index contributed by atoms with van der Waals surface area (Å²) in [5.41, 5.74) is 0.679. The predicted octanol–water partition coefficient (Wildman–Crippen LogP) is 3.62. The predicted molar refractivity (Wildman–Crippen MR) is 113 cm³/mol. The van der Waals surface area contributed by atoms with Gasteiger partial charge in [-0.3, -0.25) is 9.59 Å². The van der Waals surface area contributed by atoms with Gasteiger partial charge in [0, 0.05) is 18.6 Å². The first-order chi connectivity index (χ1) is 14.8. The molecule has 0 amide bonds. The number of carbonyl (C=O) groups is 2. The van der Waals surface area contributed by atoms with E-state index in [1.54, 1.807) is 46.1 Å². The van der Waals surface area contributed by atoms with Gasteiger partial charge in [0.25, 0.3) is 0 Å². The number of rotatable bonds is 14. The van der Waals surface area contributed by atoms with Gasteiger partial charge in [-0.25, -0.2) is 0 Å². The molecule has 0 saturated heterocycles. The maximum absolute atomic E-state index is 12.6. The highest BCUT2D eigenvalue weighted by molar-refractivity contribution is 5.95. The van der Waals surface area contributed by atoms with E-state index in [1.165, 1.54) is 0 Å². The van der Waals surface area contributed by atoms with Crippen molar-refractivity contribution in [1.29, 1.82) is 0 Å². The summed E-state index contributed by atoms with van der Waals surface area (Å²) in [6, 6.07) is 5.11. The minimum Gasteiger partial charge on any atom is -0.493 e. The van der Waals surface area contributed by atoms with Crippen molar-refractivity contribution in [2.75, 3.05) is 33.5 Å². The number of hydrogen-bond donors (Lipinski definition) is 1.